The molecule has 0 saturated heterocycles. The van der Waals surface area contributed by atoms with Crippen LogP contribution in [0.3, 0.4) is 0 Å². The second-order valence-electron chi connectivity index (χ2n) is 4.74. The number of aryl methyl sites for hydroxylation is 1. The Bertz CT molecular complexity index is 990. The van der Waals surface area contributed by atoms with Crippen LogP contribution < -0.4 is 4.80 Å². The van der Waals surface area contributed by atoms with Gasteiger partial charge in [0.1, 0.15) is 5.69 Å². The second-order valence-corrected chi connectivity index (χ2v) is 6.66. The Labute approximate surface area is 145 Å². The molecule has 0 N–H and O–H groups in total. The Morgan fingerprint density at radius 1 is 1.48 bits per heavy atom. The molecule has 1 amide bonds. The average Bonchev–Trinajstić information content (AvgIpc) is 3.12. The molecule has 0 aliphatic carbocycles. The van der Waals surface area contributed by atoms with Crippen molar-refractivity contribution in [3.8, 4) is 12.3 Å². The number of aromatic nitrogens is 3. The molecule has 1 aromatic carbocycles. The highest BCUT2D eigenvalue weighted by molar-refractivity contribution is 9.10. The molecule has 3 rings (SSSR count). The van der Waals surface area contributed by atoms with Crippen molar-refractivity contribution in [2.45, 2.75) is 20.0 Å². The van der Waals surface area contributed by atoms with Gasteiger partial charge in [-0.15, -0.1) is 6.42 Å². The fraction of sp³-hybridized carbons (Fsp3) is 0.188. The summed E-state index contributed by atoms with van der Waals surface area (Å²) in [6.07, 6.45) is 7.07. The van der Waals surface area contributed by atoms with Crippen molar-refractivity contribution in [3.63, 3.8) is 0 Å². The van der Waals surface area contributed by atoms with E-state index >= 15 is 0 Å². The number of rotatable bonds is 3. The third kappa shape index (κ3) is 3.00. The van der Waals surface area contributed by atoms with Gasteiger partial charge in [0.15, 0.2) is 4.80 Å². The van der Waals surface area contributed by atoms with Crippen LogP contribution in [0, 0.1) is 12.3 Å². The predicted octanol–water partition coefficient (Wildman–Crippen LogP) is 3.06. The highest BCUT2D eigenvalue weighted by Crippen LogP contribution is 2.22. The van der Waals surface area contributed by atoms with E-state index in [9.17, 15) is 4.79 Å². The van der Waals surface area contributed by atoms with Crippen LogP contribution in [0.2, 0.25) is 0 Å². The average molecular weight is 389 g/mol. The minimum Gasteiger partial charge on any atom is -0.305 e. The summed E-state index contributed by atoms with van der Waals surface area (Å²) in [4.78, 5) is 17.3. The molecule has 7 heteroatoms. The molecule has 0 aliphatic rings. The topological polar surface area (TPSA) is 52.2 Å². The minimum atomic E-state index is -0.319. The first-order valence-electron chi connectivity index (χ1n) is 6.97. The number of carbonyl (C=O) groups excluding carboxylic acids is 1. The van der Waals surface area contributed by atoms with Crippen molar-refractivity contribution in [1.82, 2.24) is 14.3 Å². The zero-order chi connectivity index (χ0) is 16.4. The molecule has 0 saturated carbocycles. The molecule has 0 spiro atoms. The summed E-state index contributed by atoms with van der Waals surface area (Å²) >= 11 is 4.89. The van der Waals surface area contributed by atoms with Gasteiger partial charge in [-0.25, -0.2) is 0 Å². The summed E-state index contributed by atoms with van der Waals surface area (Å²) in [5.41, 5.74) is 1.44. The molecule has 2 aromatic heterocycles. The van der Waals surface area contributed by atoms with Crippen LogP contribution in [0.15, 0.2) is 39.9 Å². The van der Waals surface area contributed by atoms with Crippen molar-refractivity contribution in [2.75, 3.05) is 0 Å². The number of thiazole rings is 1. The van der Waals surface area contributed by atoms with E-state index in [-0.39, 0.29) is 5.91 Å². The summed E-state index contributed by atoms with van der Waals surface area (Å²) in [6, 6.07) is 7.57. The predicted molar refractivity (Wildman–Crippen MR) is 94.1 cm³/mol. The first-order chi connectivity index (χ1) is 11.1. The first kappa shape index (κ1) is 15.7. The highest BCUT2D eigenvalue weighted by atomic mass is 79.9. The van der Waals surface area contributed by atoms with Crippen molar-refractivity contribution in [1.29, 1.82) is 0 Å². The fourth-order valence-electron chi connectivity index (χ4n) is 2.29. The molecule has 3 aromatic rings. The normalized spacial score (nSPS) is 11.8. The Morgan fingerprint density at radius 2 is 2.30 bits per heavy atom. The number of terminal acetylenes is 1. The van der Waals surface area contributed by atoms with Crippen LogP contribution in [-0.2, 0) is 13.1 Å². The highest BCUT2D eigenvalue weighted by Gasteiger charge is 2.12. The molecule has 0 aliphatic heterocycles. The van der Waals surface area contributed by atoms with E-state index in [0.717, 1.165) is 14.7 Å². The largest absolute Gasteiger partial charge is 0.305 e. The maximum absolute atomic E-state index is 12.5. The van der Waals surface area contributed by atoms with E-state index in [4.69, 9.17) is 6.42 Å². The Balaban J connectivity index is 2.16. The number of carbonyl (C=O) groups is 1. The van der Waals surface area contributed by atoms with E-state index in [1.54, 1.807) is 16.9 Å². The maximum atomic E-state index is 12.5. The summed E-state index contributed by atoms with van der Waals surface area (Å²) in [7, 11) is 0. The number of halogens is 1. The van der Waals surface area contributed by atoms with Crippen LogP contribution in [0.4, 0.5) is 0 Å². The fourth-order valence-corrected chi connectivity index (χ4v) is 3.87. The standard InChI is InChI=1S/C16H13BrN4OS/c1-3-9-20-12-6-5-11(17)10-14(12)23-16(20)19-15(22)13-7-8-18-21(13)4-2/h1,5-8,10H,4,9H2,2H3. The van der Waals surface area contributed by atoms with Gasteiger partial charge in [-0.1, -0.05) is 33.2 Å². The van der Waals surface area contributed by atoms with Crippen molar-refractivity contribution in [2.24, 2.45) is 4.99 Å². The molecule has 0 atom stereocenters. The van der Waals surface area contributed by atoms with Gasteiger partial charge >= 0.3 is 0 Å². The number of benzene rings is 1. The van der Waals surface area contributed by atoms with Crippen molar-refractivity contribution < 1.29 is 4.79 Å². The Kier molecular flexibility index (Phi) is 4.46. The lowest BCUT2D eigenvalue weighted by Crippen LogP contribution is -2.18. The summed E-state index contributed by atoms with van der Waals surface area (Å²) in [6.45, 7) is 2.91. The SMILES string of the molecule is C#CCn1c(=NC(=O)c2ccnn2CC)sc2cc(Br)ccc21. The van der Waals surface area contributed by atoms with Gasteiger partial charge in [0.05, 0.1) is 16.8 Å². The molecule has 0 unspecified atom stereocenters. The zero-order valence-corrected chi connectivity index (χ0v) is 14.8. The number of amides is 1. The van der Waals surface area contributed by atoms with Gasteiger partial charge in [0.2, 0.25) is 0 Å². The van der Waals surface area contributed by atoms with Crippen molar-refractivity contribution in [3.05, 3.63) is 45.4 Å². The molecular formula is C16H13BrN4OS. The molecule has 0 radical (unpaired) electrons. The smallest absolute Gasteiger partial charge is 0.297 e. The molecule has 0 fully saturated rings. The lowest BCUT2D eigenvalue weighted by molar-refractivity contribution is 0.0987. The number of hydrogen-bond acceptors (Lipinski definition) is 3. The van der Waals surface area contributed by atoms with E-state index in [1.165, 1.54) is 11.3 Å². The van der Waals surface area contributed by atoms with Gasteiger partial charge < -0.3 is 4.57 Å². The van der Waals surface area contributed by atoms with Gasteiger partial charge in [0, 0.05) is 17.2 Å². The van der Waals surface area contributed by atoms with Crippen LogP contribution in [-0.4, -0.2) is 20.3 Å². The van der Waals surface area contributed by atoms with Crippen LogP contribution in [0.25, 0.3) is 10.2 Å². The quantitative estimate of drug-likeness (QED) is 0.647. The van der Waals surface area contributed by atoms with Gasteiger partial charge in [-0.05, 0) is 31.2 Å². The van der Waals surface area contributed by atoms with Gasteiger partial charge in [0.25, 0.3) is 5.91 Å². The van der Waals surface area contributed by atoms with Crippen LogP contribution in [0.5, 0.6) is 0 Å². The summed E-state index contributed by atoms with van der Waals surface area (Å²) in [5, 5.41) is 4.10. The van der Waals surface area contributed by atoms with E-state index < -0.39 is 0 Å². The van der Waals surface area contributed by atoms with Crippen LogP contribution in [0.1, 0.15) is 17.4 Å². The molecule has 116 valence electrons. The van der Waals surface area contributed by atoms with Crippen LogP contribution >= 0.6 is 27.3 Å². The lowest BCUT2D eigenvalue weighted by atomic mass is 10.3. The maximum Gasteiger partial charge on any atom is 0.297 e. The second kappa shape index (κ2) is 6.52. The zero-order valence-electron chi connectivity index (χ0n) is 12.4. The number of hydrogen-bond donors (Lipinski definition) is 0. The Hall–Kier alpha value is -2.17. The molecule has 5 nitrogen and oxygen atoms in total. The third-order valence-electron chi connectivity index (χ3n) is 3.33. The molecule has 0 bridgehead atoms. The van der Waals surface area contributed by atoms with Gasteiger partial charge in [-0.2, -0.15) is 10.1 Å². The monoisotopic (exact) mass is 388 g/mol. The number of nitrogens with zero attached hydrogens (tertiary/aromatic N) is 4. The Morgan fingerprint density at radius 3 is 3.04 bits per heavy atom. The lowest BCUT2D eigenvalue weighted by Gasteiger charge is -2.01. The van der Waals surface area contributed by atoms with Gasteiger partial charge in [-0.3, -0.25) is 9.48 Å². The third-order valence-corrected chi connectivity index (χ3v) is 4.86. The summed E-state index contributed by atoms with van der Waals surface area (Å²) in [5.74, 6) is 2.30. The van der Waals surface area contributed by atoms with E-state index in [2.05, 4.69) is 31.9 Å². The first-order valence-corrected chi connectivity index (χ1v) is 8.58. The number of fused-ring (bicyclic) bond motifs is 1. The summed E-state index contributed by atoms with van der Waals surface area (Å²) < 4.78 is 5.49. The molecular weight excluding hydrogens is 376 g/mol. The van der Waals surface area contributed by atoms with E-state index in [0.29, 0.717) is 23.6 Å². The van der Waals surface area contributed by atoms with E-state index in [1.807, 2.05) is 29.7 Å². The minimum absolute atomic E-state index is 0.319. The molecule has 2 heterocycles. The molecule has 23 heavy (non-hydrogen) atoms. The van der Waals surface area contributed by atoms with Crippen molar-refractivity contribution >= 4 is 43.4 Å².